The summed E-state index contributed by atoms with van der Waals surface area (Å²) < 4.78 is 5.96. The van der Waals surface area contributed by atoms with E-state index in [2.05, 4.69) is 10.3 Å². The van der Waals surface area contributed by atoms with Crippen molar-refractivity contribution in [3.63, 3.8) is 0 Å². The van der Waals surface area contributed by atoms with Crippen LogP contribution in [0.1, 0.15) is 53.5 Å². The number of ether oxygens (including phenoxy) is 1. The van der Waals surface area contributed by atoms with E-state index < -0.39 is 5.97 Å². The summed E-state index contributed by atoms with van der Waals surface area (Å²) in [6, 6.07) is 12.3. The molecule has 0 aliphatic carbocycles. The molecule has 0 radical (unpaired) electrons. The fourth-order valence-corrected chi connectivity index (χ4v) is 3.22. The summed E-state index contributed by atoms with van der Waals surface area (Å²) in [4.78, 5) is 26.8. The van der Waals surface area contributed by atoms with Crippen LogP contribution in [0.3, 0.4) is 0 Å². The van der Waals surface area contributed by atoms with E-state index in [1.807, 2.05) is 31.2 Å². The van der Waals surface area contributed by atoms with Crippen LogP contribution in [0.5, 0.6) is 11.5 Å². The molecule has 3 rings (SSSR count). The second kappa shape index (κ2) is 11.7. The number of carbonyl (C=O) groups is 2. The molecule has 1 aromatic heterocycles. The standard InChI is InChI=1S/C24H24N2O5.Na.H/c1-3-5-21-22(9-8-20(15(2)27)23(21)28)31-14-16-6-4-7-18(10-16)26-19-11-17(24(29)30)12-25-13-19;;/h4,6-13,26,28H,3,5,14H2,1-2H3,(H,29,30);;/q;+1;-1. The summed E-state index contributed by atoms with van der Waals surface area (Å²) in [6.45, 7) is 3.68. The minimum absolute atomic E-state index is 0. The predicted octanol–water partition coefficient (Wildman–Crippen LogP) is 2.08. The average molecular weight is 444 g/mol. The first-order chi connectivity index (χ1) is 14.9. The van der Waals surface area contributed by atoms with Crippen LogP contribution in [-0.4, -0.2) is 26.9 Å². The molecular formula is C24H25N2NaO5. The molecule has 3 aromatic rings. The zero-order chi connectivity index (χ0) is 22.4. The quantitative estimate of drug-likeness (QED) is 0.343. The maximum Gasteiger partial charge on any atom is 1.00 e. The van der Waals surface area contributed by atoms with Crippen molar-refractivity contribution in [3.8, 4) is 11.5 Å². The van der Waals surface area contributed by atoms with Gasteiger partial charge < -0.3 is 21.7 Å². The number of aromatic carboxylic acids is 1. The van der Waals surface area contributed by atoms with Crippen molar-refractivity contribution in [3.05, 3.63) is 77.1 Å². The van der Waals surface area contributed by atoms with E-state index in [9.17, 15) is 14.7 Å². The van der Waals surface area contributed by atoms with Crippen LogP contribution in [0, 0.1) is 0 Å². The number of ketones is 1. The average Bonchev–Trinajstić information content (AvgIpc) is 2.74. The van der Waals surface area contributed by atoms with Crippen molar-refractivity contribution in [2.75, 3.05) is 5.32 Å². The van der Waals surface area contributed by atoms with Gasteiger partial charge >= 0.3 is 35.5 Å². The van der Waals surface area contributed by atoms with Crippen molar-refractivity contribution in [1.82, 2.24) is 4.98 Å². The molecule has 0 fully saturated rings. The number of Topliss-reactive ketones (excluding diaryl/α,β-unsaturated/α-hetero) is 1. The maximum atomic E-state index is 11.7. The van der Waals surface area contributed by atoms with Crippen LogP contribution in [0.2, 0.25) is 0 Å². The Bertz CT molecular complexity index is 1120. The number of carboxylic acids is 1. The Balaban J connectivity index is 0.00000272. The number of anilines is 2. The minimum Gasteiger partial charge on any atom is -1.00 e. The van der Waals surface area contributed by atoms with Gasteiger partial charge in [-0.15, -0.1) is 0 Å². The molecule has 0 atom stereocenters. The largest absolute Gasteiger partial charge is 1.00 e. The molecule has 0 saturated heterocycles. The minimum atomic E-state index is -1.04. The Morgan fingerprint density at radius 2 is 1.91 bits per heavy atom. The van der Waals surface area contributed by atoms with Crippen LogP contribution in [0.4, 0.5) is 11.4 Å². The molecule has 0 aliphatic rings. The first kappa shape index (κ1) is 25.4. The van der Waals surface area contributed by atoms with Gasteiger partial charge in [0.2, 0.25) is 0 Å². The van der Waals surface area contributed by atoms with Crippen molar-refractivity contribution in [2.24, 2.45) is 0 Å². The molecule has 0 bridgehead atoms. The zero-order valence-electron chi connectivity index (χ0n) is 19.4. The topological polar surface area (TPSA) is 109 Å². The fourth-order valence-electron chi connectivity index (χ4n) is 3.22. The molecule has 0 saturated carbocycles. The van der Waals surface area contributed by atoms with E-state index in [1.165, 1.54) is 19.2 Å². The van der Waals surface area contributed by atoms with Crippen molar-refractivity contribution < 1.29 is 55.5 Å². The van der Waals surface area contributed by atoms with E-state index >= 15 is 0 Å². The van der Waals surface area contributed by atoms with Gasteiger partial charge in [-0.25, -0.2) is 4.79 Å². The van der Waals surface area contributed by atoms with Gasteiger partial charge in [0, 0.05) is 17.4 Å². The molecule has 2 aromatic carbocycles. The van der Waals surface area contributed by atoms with Crippen molar-refractivity contribution in [1.29, 1.82) is 0 Å². The molecular weight excluding hydrogens is 419 g/mol. The Morgan fingerprint density at radius 3 is 2.59 bits per heavy atom. The molecule has 0 amide bonds. The number of carbonyl (C=O) groups excluding carboxylic acids is 1. The Kier molecular flexibility index (Phi) is 9.26. The maximum absolute atomic E-state index is 11.7. The first-order valence-corrected chi connectivity index (χ1v) is 9.92. The van der Waals surface area contributed by atoms with Gasteiger partial charge in [0.05, 0.1) is 23.0 Å². The third-order valence-electron chi connectivity index (χ3n) is 4.71. The Hall–Kier alpha value is -2.87. The smallest absolute Gasteiger partial charge is 1.00 e. The number of nitrogens with zero attached hydrogens (tertiary/aromatic N) is 1. The number of nitrogens with one attached hydrogen (secondary N) is 1. The second-order valence-corrected chi connectivity index (χ2v) is 7.13. The van der Waals surface area contributed by atoms with Crippen LogP contribution in [-0.2, 0) is 13.0 Å². The summed E-state index contributed by atoms with van der Waals surface area (Å²) in [5.41, 5.74) is 3.22. The van der Waals surface area contributed by atoms with Crippen LogP contribution in [0.15, 0.2) is 54.9 Å². The number of hydrogen-bond acceptors (Lipinski definition) is 6. The van der Waals surface area contributed by atoms with Gasteiger partial charge in [0.25, 0.3) is 0 Å². The molecule has 162 valence electrons. The number of phenols is 1. The number of hydrogen-bond donors (Lipinski definition) is 3. The number of benzene rings is 2. The SMILES string of the molecule is CCCc1c(OCc2cccc(Nc3cncc(C(=O)O)c3)c2)ccc(C(C)=O)c1O.[H-].[Na+]. The molecule has 0 aliphatic heterocycles. The number of phenolic OH excluding ortho intramolecular Hbond substituents is 1. The van der Waals surface area contributed by atoms with Gasteiger partial charge in [0.15, 0.2) is 5.78 Å². The Labute approximate surface area is 210 Å². The summed E-state index contributed by atoms with van der Waals surface area (Å²) in [5.74, 6) is -0.712. The number of aromatic nitrogens is 1. The van der Waals surface area contributed by atoms with E-state index in [4.69, 9.17) is 9.84 Å². The summed E-state index contributed by atoms with van der Waals surface area (Å²) >= 11 is 0. The van der Waals surface area contributed by atoms with E-state index in [-0.39, 0.29) is 54.7 Å². The molecule has 7 nitrogen and oxygen atoms in total. The third-order valence-corrected chi connectivity index (χ3v) is 4.71. The molecule has 0 spiro atoms. The van der Waals surface area contributed by atoms with Crippen molar-refractivity contribution >= 4 is 23.1 Å². The molecule has 0 unspecified atom stereocenters. The monoisotopic (exact) mass is 444 g/mol. The van der Waals surface area contributed by atoms with Gasteiger partial charge in [-0.05, 0) is 49.2 Å². The van der Waals surface area contributed by atoms with Crippen LogP contribution >= 0.6 is 0 Å². The fraction of sp³-hybridized carbons (Fsp3) is 0.208. The first-order valence-electron chi connectivity index (χ1n) is 9.92. The normalized spacial score (nSPS) is 10.2. The zero-order valence-corrected chi connectivity index (χ0v) is 20.4. The van der Waals surface area contributed by atoms with Gasteiger partial charge in [-0.3, -0.25) is 9.78 Å². The summed E-state index contributed by atoms with van der Waals surface area (Å²) in [5, 5.41) is 22.7. The van der Waals surface area contributed by atoms with E-state index in [0.717, 1.165) is 17.7 Å². The van der Waals surface area contributed by atoms with E-state index in [0.29, 0.717) is 29.0 Å². The van der Waals surface area contributed by atoms with Gasteiger partial charge in [-0.2, -0.15) is 0 Å². The number of carboxylic acid groups (broad SMARTS) is 1. The molecule has 32 heavy (non-hydrogen) atoms. The number of rotatable bonds is 9. The number of pyridine rings is 1. The third kappa shape index (κ3) is 6.32. The van der Waals surface area contributed by atoms with Gasteiger partial charge in [-0.1, -0.05) is 25.5 Å². The predicted molar refractivity (Wildman–Crippen MR) is 118 cm³/mol. The number of aromatic hydroxyl groups is 1. The molecule has 3 N–H and O–H groups in total. The summed E-state index contributed by atoms with van der Waals surface area (Å²) in [6.07, 6.45) is 4.23. The van der Waals surface area contributed by atoms with Crippen LogP contribution in [0.25, 0.3) is 0 Å². The van der Waals surface area contributed by atoms with Crippen LogP contribution < -0.4 is 39.6 Å². The van der Waals surface area contributed by atoms with Gasteiger partial charge in [0.1, 0.15) is 18.1 Å². The Morgan fingerprint density at radius 1 is 1.12 bits per heavy atom. The molecule has 8 heteroatoms. The van der Waals surface area contributed by atoms with E-state index in [1.54, 1.807) is 18.3 Å². The molecule has 1 heterocycles. The summed E-state index contributed by atoms with van der Waals surface area (Å²) in [7, 11) is 0. The van der Waals surface area contributed by atoms with Crippen molar-refractivity contribution in [2.45, 2.75) is 33.3 Å². The second-order valence-electron chi connectivity index (χ2n) is 7.13.